The summed E-state index contributed by atoms with van der Waals surface area (Å²) < 4.78 is 38.3. The van der Waals surface area contributed by atoms with Gasteiger partial charge in [-0.15, -0.1) is 0 Å². The molecular weight excluding hydrogens is 444 g/mol. The molecule has 2 aromatic rings. The zero-order valence-corrected chi connectivity index (χ0v) is 19.8. The van der Waals surface area contributed by atoms with Crippen LogP contribution in [-0.2, 0) is 26.1 Å². The highest BCUT2D eigenvalue weighted by Gasteiger charge is 2.28. The standard InChI is InChI=1S/C24H30N2O6S/c1-18(23(27)25-17-19-10-6-5-7-11-19)32-24(28)21-16-20(12-13-22(21)31-2)33(29,30)26-14-8-3-4-9-15-26/h5-7,10-13,16,18H,3-4,8-9,14-15,17H2,1-2H3,(H,25,27). The molecule has 0 bridgehead atoms. The van der Waals surface area contributed by atoms with Gasteiger partial charge < -0.3 is 14.8 Å². The zero-order chi connectivity index (χ0) is 23.8. The number of benzene rings is 2. The molecule has 1 N–H and O–H groups in total. The summed E-state index contributed by atoms with van der Waals surface area (Å²) in [4.78, 5) is 25.2. The average Bonchev–Trinajstić information content (AvgIpc) is 3.13. The number of hydrogen-bond donors (Lipinski definition) is 1. The van der Waals surface area contributed by atoms with E-state index in [1.807, 2.05) is 30.3 Å². The molecule has 1 amide bonds. The van der Waals surface area contributed by atoms with Gasteiger partial charge in [-0.3, -0.25) is 4.79 Å². The Morgan fingerprint density at radius 3 is 2.33 bits per heavy atom. The number of carbonyl (C=O) groups is 2. The van der Waals surface area contributed by atoms with Crippen molar-refractivity contribution in [2.75, 3.05) is 20.2 Å². The lowest BCUT2D eigenvalue weighted by Gasteiger charge is -2.21. The van der Waals surface area contributed by atoms with E-state index in [2.05, 4.69) is 5.32 Å². The summed E-state index contributed by atoms with van der Waals surface area (Å²) in [5, 5.41) is 2.72. The molecular formula is C24H30N2O6S. The number of sulfonamides is 1. The molecule has 33 heavy (non-hydrogen) atoms. The predicted molar refractivity (Wildman–Crippen MR) is 123 cm³/mol. The monoisotopic (exact) mass is 474 g/mol. The van der Waals surface area contributed by atoms with Crippen LogP contribution in [0.1, 0.15) is 48.5 Å². The first-order chi connectivity index (χ1) is 15.8. The van der Waals surface area contributed by atoms with Crippen molar-refractivity contribution < 1.29 is 27.5 Å². The maximum Gasteiger partial charge on any atom is 0.342 e. The Morgan fingerprint density at radius 1 is 1.03 bits per heavy atom. The Labute approximate surface area is 194 Å². The normalized spacial score (nSPS) is 15.8. The van der Waals surface area contributed by atoms with Crippen LogP contribution < -0.4 is 10.1 Å². The number of carbonyl (C=O) groups excluding carboxylic acids is 2. The van der Waals surface area contributed by atoms with Crippen molar-refractivity contribution in [2.45, 2.75) is 50.2 Å². The summed E-state index contributed by atoms with van der Waals surface area (Å²) in [7, 11) is -2.38. The van der Waals surface area contributed by atoms with Crippen LogP contribution in [0.2, 0.25) is 0 Å². The van der Waals surface area contributed by atoms with E-state index in [4.69, 9.17) is 9.47 Å². The van der Waals surface area contributed by atoms with Crippen LogP contribution >= 0.6 is 0 Å². The Balaban J connectivity index is 1.72. The fourth-order valence-corrected chi connectivity index (χ4v) is 5.19. The van der Waals surface area contributed by atoms with Crippen molar-refractivity contribution in [1.82, 2.24) is 9.62 Å². The van der Waals surface area contributed by atoms with Gasteiger partial charge in [0.2, 0.25) is 10.0 Å². The second-order valence-electron chi connectivity index (χ2n) is 7.93. The Morgan fingerprint density at radius 2 is 1.70 bits per heavy atom. The summed E-state index contributed by atoms with van der Waals surface area (Å²) in [5.41, 5.74) is 0.869. The maximum absolute atomic E-state index is 13.1. The largest absolute Gasteiger partial charge is 0.496 e. The molecule has 1 aliphatic rings. The fourth-order valence-electron chi connectivity index (χ4n) is 3.64. The van der Waals surface area contributed by atoms with E-state index < -0.39 is 28.0 Å². The minimum atomic E-state index is -3.76. The van der Waals surface area contributed by atoms with Gasteiger partial charge in [0.05, 0.1) is 12.0 Å². The quantitative estimate of drug-likeness (QED) is 0.590. The Kier molecular flexibility index (Phi) is 8.46. The molecule has 1 fully saturated rings. The van der Waals surface area contributed by atoms with Gasteiger partial charge in [-0.05, 0) is 43.5 Å². The van der Waals surface area contributed by atoms with E-state index in [-0.39, 0.29) is 16.2 Å². The summed E-state index contributed by atoms with van der Waals surface area (Å²) in [6, 6.07) is 13.5. The second-order valence-corrected chi connectivity index (χ2v) is 9.87. The topological polar surface area (TPSA) is 102 Å². The van der Waals surface area contributed by atoms with Gasteiger partial charge in [0, 0.05) is 19.6 Å². The fraction of sp³-hybridized carbons (Fsp3) is 0.417. The second kappa shape index (κ2) is 11.3. The van der Waals surface area contributed by atoms with Crippen LogP contribution in [-0.4, -0.2) is 50.9 Å². The molecule has 1 atom stereocenters. The van der Waals surface area contributed by atoms with E-state index >= 15 is 0 Å². The molecule has 0 aliphatic carbocycles. The number of nitrogens with zero attached hydrogens (tertiary/aromatic N) is 1. The number of esters is 1. The van der Waals surface area contributed by atoms with Crippen LogP contribution in [0.3, 0.4) is 0 Å². The van der Waals surface area contributed by atoms with E-state index in [0.717, 1.165) is 31.2 Å². The molecule has 1 aliphatic heterocycles. The Bertz CT molecular complexity index is 1060. The van der Waals surface area contributed by atoms with E-state index in [0.29, 0.717) is 19.6 Å². The third-order valence-electron chi connectivity index (χ3n) is 5.56. The molecule has 1 unspecified atom stereocenters. The number of amides is 1. The minimum absolute atomic E-state index is 0.00154. The van der Waals surface area contributed by atoms with Gasteiger partial charge in [-0.25, -0.2) is 13.2 Å². The first-order valence-corrected chi connectivity index (χ1v) is 12.5. The average molecular weight is 475 g/mol. The van der Waals surface area contributed by atoms with E-state index in [9.17, 15) is 18.0 Å². The molecule has 0 aromatic heterocycles. The lowest BCUT2D eigenvalue weighted by atomic mass is 10.2. The molecule has 8 nitrogen and oxygen atoms in total. The minimum Gasteiger partial charge on any atom is -0.496 e. The van der Waals surface area contributed by atoms with Crippen LogP contribution in [0.25, 0.3) is 0 Å². The van der Waals surface area contributed by atoms with Crippen molar-refractivity contribution in [3.05, 3.63) is 59.7 Å². The summed E-state index contributed by atoms with van der Waals surface area (Å²) in [6.45, 7) is 2.66. The number of ether oxygens (including phenoxy) is 2. The Hall–Kier alpha value is -2.91. The van der Waals surface area contributed by atoms with E-state index in [1.54, 1.807) is 0 Å². The van der Waals surface area contributed by atoms with Crippen molar-refractivity contribution in [3.8, 4) is 5.75 Å². The van der Waals surface area contributed by atoms with Crippen LogP contribution in [0.5, 0.6) is 5.75 Å². The first-order valence-electron chi connectivity index (χ1n) is 11.0. The number of nitrogens with one attached hydrogen (secondary N) is 1. The predicted octanol–water partition coefficient (Wildman–Crippen LogP) is 3.12. The zero-order valence-electron chi connectivity index (χ0n) is 19.0. The summed E-state index contributed by atoms with van der Waals surface area (Å²) >= 11 is 0. The molecule has 0 saturated carbocycles. The van der Waals surface area contributed by atoms with Gasteiger partial charge in [-0.1, -0.05) is 43.2 Å². The van der Waals surface area contributed by atoms with Gasteiger partial charge in [0.15, 0.2) is 6.10 Å². The van der Waals surface area contributed by atoms with Crippen molar-refractivity contribution in [3.63, 3.8) is 0 Å². The molecule has 2 aromatic carbocycles. The van der Waals surface area contributed by atoms with Crippen molar-refractivity contribution in [1.29, 1.82) is 0 Å². The molecule has 1 heterocycles. The van der Waals surface area contributed by atoms with E-state index in [1.165, 1.54) is 36.5 Å². The molecule has 0 radical (unpaired) electrons. The third kappa shape index (κ3) is 6.33. The highest BCUT2D eigenvalue weighted by Crippen LogP contribution is 2.27. The highest BCUT2D eigenvalue weighted by atomic mass is 32.2. The SMILES string of the molecule is COc1ccc(S(=O)(=O)N2CCCCCC2)cc1C(=O)OC(C)C(=O)NCc1ccccc1. The molecule has 0 spiro atoms. The molecule has 1 saturated heterocycles. The van der Waals surface area contributed by atoms with Gasteiger partial charge >= 0.3 is 5.97 Å². The van der Waals surface area contributed by atoms with Crippen molar-refractivity contribution >= 4 is 21.9 Å². The van der Waals surface area contributed by atoms with Gasteiger partial charge in [0.25, 0.3) is 5.91 Å². The van der Waals surface area contributed by atoms with Gasteiger partial charge in [-0.2, -0.15) is 4.31 Å². The van der Waals surface area contributed by atoms with Crippen LogP contribution in [0, 0.1) is 0 Å². The molecule has 9 heteroatoms. The third-order valence-corrected chi connectivity index (χ3v) is 7.45. The lowest BCUT2D eigenvalue weighted by molar-refractivity contribution is -0.129. The van der Waals surface area contributed by atoms with Crippen LogP contribution in [0.4, 0.5) is 0 Å². The first kappa shape index (κ1) is 24.7. The maximum atomic E-state index is 13.1. The summed E-state index contributed by atoms with van der Waals surface area (Å²) in [6.07, 6.45) is 2.53. The lowest BCUT2D eigenvalue weighted by Crippen LogP contribution is -2.35. The van der Waals surface area contributed by atoms with Gasteiger partial charge in [0.1, 0.15) is 11.3 Å². The number of rotatable bonds is 8. The molecule has 178 valence electrons. The summed E-state index contributed by atoms with van der Waals surface area (Å²) in [5.74, 6) is -1.12. The van der Waals surface area contributed by atoms with Crippen molar-refractivity contribution in [2.24, 2.45) is 0 Å². The number of hydrogen-bond acceptors (Lipinski definition) is 6. The smallest absolute Gasteiger partial charge is 0.342 e. The molecule has 3 rings (SSSR count). The highest BCUT2D eigenvalue weighted by molar-refractivity contribution is 7.89. The number of methoxy groups -OCH3 is 1. The van der Waals surface area contributed by atoms with Crippen LogP contribution in [0.15, 0.2) is 53.4 Å².